The summed E-state index contributed by atoms with van der Waals surface area (Å²) in [7, 11) is 0. The van der Waals surface area contributed by atoms with Crippen LogP contribution in [0.5, 0.6) is 0 Å². The Bertz CT molecular complexity index is 488. The normalized spacial score (nSPS) is 19.3. The van der Waals surface area contributed by atoms with E-state index in [4.69, 9.17) is 11.6 Å². The highest BCUT2D eigenvalue weighted by Crippen LogP contribution is 2.33. The Labute approximate surface area is 126 Å². The van der Waals surface area contributed by atoms with Crippen LogP contribution in [0.1, 0.15) is 38.2 Å². The van der Waals surface area contributed by atoms with Crippen LogP contribution >= 0.6 is 27.5 Å². The van der Waals surface area contributed by atoms with Gasteiger partial charge in [-0.1, -0.05) is 46.4 Å². The first-order valence-corrected chi connectivity index (χ1v) is 7.57. The van der Waals surface area contributed by atoms with Gasteiger partial charge in [0.25, 0.3) is 0 Å². The third-order valence-corrected chi connectivity index (χ3v) is 4.55. The quantitative estimate of drug-likeness (QED) is 0.868. The highest BCUT2D eigenvalue weighted by molar-refractivity contribution is 9.10. The van der Waals surface area contributed by atoms with E-state index in [2.05, 4.69) is 21.2 Å². The topological polar surface area (TPSA) is 49.3 Å². The van der Waals surface area contributed by atoms with Crippen molar-refractivity contribution >= 4 is 33.5 Å². The van der Waals surface area contributed by atoms with E-state index < -0.39 is 11.5 Å². The Hall–Kier alpha value is -0.580. The monoisotopic (exact) mass is 345 g/mol. The van der Waals surface area contributed by atoms with Gasteiger partial charge in [0.05, 0.1) is 0 Å². The average Bonchev–Trinajstić information content (AvgIpc) is 2.81. The molecule has 5 heteroatoms. The van der Waals surface area contributed by atoms with E-state index in [1.807, 2.05) is 6.07 Å². The molecule has 0 bridgehead atoms. The zero-order chi connectivity index (χ0) is 14.0. The summed E-state index contributed by atoms with van der Waals surface area (Å²) in [6.07, 6.45) is 4.36. The van der Waals surface area contributed by atoms with Gasteiger partial charge < -0.3 is 5.11 Å². The van der Waals surface area contributed by atoms with Crippen LogP contribution in [0.3, 0.4) is 0 Å². The van der Waals surface area contributed by atoms with E-state index in [0.717, 1.165) is 30.2 Å². The van der Waals surface area contributed by atoms with E-state index >= 15 is 0 Å². The van der Waals surface area contributed by atoms with Crippen LogP contribution in [0.25, 0.3) is 0 Å². The maximum absolute atomic E-state index is 11.7. The summed E-state index contributed by atoms with van der Waals surface area (Å²) in [5, 5.41) is 13.3. The molecule has 0 heterocycles. The highest BCUT2D eigenvalue weighted by atomic mass is 79.9. The minimum atomic E-state index is -1.15. The van der Waals surface area contributed by atoms with E-state index in [1.54, 1.807) is 19.1 Å². The maximum atomic E-state index is 11.7. The highest BCUT2D eigenvalue weighted by Gasteiger charge is 2.39. The third-order valence-electron chi connectivity index (χ3n) is 3.75. The number of hydrogen-bond donors (Lipinski definition) is 2. The van der Waals surface area contributed by atoms with Gasteiger partial charge in [-0.25, -0.2) is 4.79 Å². The van der Waals surface area contributed by atoms with Crippen molar-refractivity contribution < 1.29 is 9.90 Å². The number of halogens is 2. The lowest BCUT2D eigenvalue weighted by molar-refractivity contribution is -0.145. The second kappa shape index (κ2) is 5.81. The number of carboxylic acid groups (broad SMARTS) is 1. The van der Waals surface area contributed by atoms with Crippen molar-refractivity contribution in [2.24, 2.45) is 0 Å². The van der Waals surface area contributed by atoms with Gasteiger partial charge in [-0.3, -0.25) is 5.32 Å². The average molecular weight is 347 g/mol. The smallest absolute Gasteiger partial charge is 0.328 e. The van der Waals surface area contributed by atoms with Crippen molar-refractivity contribution in [1.29, 1.82) is 0 Å². The molecule has 0 radical (unpaired) electrons. The second-order valence-electron chi connectivity index (χ2n) is 5.18. The summed E-state index contributed by atoms with van der Waals surface area (Å²) in [4.78, 5) is 11.7. The largest absolute Gasteiger partial charge is 0.480 e. The van der Waals surface area contributed by atoms with Crippen LogP contribution in [0.2, 0.25) is 5.02 Å². The summed E-state index contributed by atoms with van der Waals surface area (Å²) in [6.45, 7) is 1.68. The predicted molar refractivity (Wildman–Crippen MR) is 79.5 cm³/mol. The fraction of sp³-hybridized carbons (Fsp3) is 0.500. The predicted octanol–water partition coefficient (Wildman–Crippen LogP) is 3.93. The molecule has 2 N–H and O–H groups in total. The Morgan fingerprint density at radius 3 is 2.63 bits per heavy atom. The summed E-state index contributed by atoms with van der Waals surface area (Å²) < 4.78 is 0.842. The number of aliphatic carboxylic acids is 1. The van der Waals surface area contributed by atoms with Crippen LogP contribution in [0.15, 0.2) is 22.7 Å². The lowest BCUT2D eigenvalue weighted by atomic mass is 9.90. The number of hydrogen-bond acceptors (Lipinski definition) is 2. The molecule has 0 saturated heterocycles. The van der Waals surface area contributed by atoms with Gasteiger partial charge in [0.1, 0.15) is 5.54 Å². The lowest BCUT2D eigenvalue weighted by Gasteiger charge is -2.31. The van der Waals surface area contributed by atoms with Gasteiger partial charge in [-0.2, -0.15) is 0 Å². The van der Waals surface area contributed by atoms with E-state index in [-0.39, 0.29) is 6.04 Å². The first-order chi connectivity index (χ1) is 8.93. The Morgan fingerprint density at radius 2 is 2.11 bits per heavy atom. The fourth-order valence-electron chi connectivity index (χ4n) is 2.63. The summed E-state index contributed by atoms with van der Waals surface area (Å²) in [5.74, 6) is -0.899. The summed E-state index contributed by atoms with van der Waals surface area (Å²) in [6, 6.07) is 5.57. The molecule has 0 spiro atoms. The number of benzene rings is 1. The van der Waals surface area contributed by atoms with Gasteiger partial charge in [0, 0.05) is 21.1 Å². The number of rotatable bonds is 4. The molecule has 0 aromatic heterocycles. The van der Waals surface area contributed by atoms with Crippen LogP contribution in [0.4, 0.5) is 0 Å². The van der Waals surface area contributed by atoms with Crippen LogP contribution in [-0.2, 0) is 10.3 Å². The number of carbonyl (C=O) groups is 1. The van der Waals surface area contributed by atoms with Crippen molar-refractivity contribution in [1.82, 2.24) is 5.32 Å². The molecular weight excluding hydrogens is 330 g/mol. The molecule has 2 rings (SSSR count). The molecule has 0 aliphatic heterocycles. The van der Waals surface area contributed by atoms with Crippen LogP contribution < -0.4 is 5.32 Å². The first-order valence-electron chi connectivity index (χ1n) is 6.40. The maximum Gasteiger partial charge on any atom is 0.328 e. The van der Waals surface area contributed by atoms with Crippen LogP contribution in [0, 0.1) is 0 Å². The zero-order valence-corrected chi connectivity index (χ0v) is 13.1. The van der Waals surface area contributed by atoms with Crippen molar-refractivity contribution in [3.63, 3.8) is 0 Å². The molecule has 1 atom stereocenters. The molecule has 1 unspecified atom stereocenters. The van der Waals surface area contributed by atoms with Gasteiger partial charge >= 0.3 is 5.97 Å². The molecule has 3 nitrogen and oxygen atoms in total. The standard InChI is InChI=1S/C14H17BrClNO2/c1-14(13(18)19,17-10-4-2-3-5-10)11-7-6-9(15)8-12(11)16/h6-8,10,17H,2-5H2,1H3,(H,18,19). The minimum absolute atomic E-state index is 0.251. The molecule has 1 fully saturated rings. The number of carboxylic acids is 1. The second-order valence-corrected chi connectivity index (χ2v) is 6.50. The fourth-order valence-corrected chi connectivity index (χ4v) is 3.49. The molecule has 1 aliphatic rings. The van der Waals surface area contributed by atoms with Crippen molar-refractivity contribution in [2.75, 3.05) is 0 Å². The van der Waals surface area contributed by atoms with Crippen molar-refractivity contribution in [3.05, 3.63) is 33.3 Å². The molecule has 19 heavy (non-hydrogen) atoms. The lowest BCUT2D eigenvalue weighted by Crippen LogP contribution is -2.50. The van der Waals surface area contributed by atoms with E-state index in [0.29, 0.717) is 10.6 Å². The van der Waals surface area contributed by atoms with E-state index in [9.17, 15) is 9.90 Å². The Kier molecular flexibility index (Phi) is 4.54. The number of nitrogens with one attached hydrogen (secondary N) is 1. The molecule has 1 aliphatic carbocycles. The first kappa shape index (κ1) is 14.8. The van der Waals surface area contributed by atoms with Crippen molar-refractivity contribution in [2.45, 2.75) is 44.2 Å². The zero-order valence-electron chi connectivity index (χ0n) is 10.7. The van der Waals surface area contributed by atoms with Gasteiger partial charge in [-0.05, 0) is 31.9 Å². The van der Waals surface area contributed by atoms with Gasteiger partial charge in [-0.15, -0.1) is 0 Å². The molecular formula is C14H17BrClNO2. The summed E-state index contributed by atoms with van der Waals surface area (Å²) >= 11 is 9.55. The Morgan fingerprint density at radius 1 is 1.47 bits per heavy atom. The van der Waals surface area contributed by atoms with E-state index in [1.165, 1.54) is 0 Å². The van der Waals surface area contributed by atoms with Crippen LogP contribution in [-0.4, -0.2) is 17.1 Å². The molecule has 0 amide bonds. The molecule has 1 aromatic rings. The minimum Gasteiger partial charge on any atom is -0.480 e. The van der Waals surface area contributed by atoms with Crippen molar-refractivity contribution in [3.8, 4) is 0 Å². The van der Waals surface area contributed by atoms with Gasteiger partial charge in [0.15, 0.2) is 0 Å². The molecule has 104 valence electrons. The summed E-state index contributed by atoms with van der Waals surface area (Å²) in [5.41, 5.74) is -0.538. The van der Waals surface area contributed by atoms with Gasteiger partial charge in [0.2, 0.25) is 0 Å². The molecule has 1 saturated carbocycles. The molecule has 1 aromatic carbocycles. The SMILES string of the molecule is CC(NC1CCCC1)(C(=O)O)c1ccc(Br)cc1Cl. The Balaban J connectivity index is 2.34. The third kappa shape index (κ3) is 3.12.